The lowest BCUT2D eigenvalue weighted by Gasteiger charge is -2.20. The van der Waals surface area contributed by atoms with Crippen LogP contribution in [0.2, 0.25) is 0 Å². The lowest BCUT2D eigenvalue weighted by Crippen LogP contribution is -2.26. The Hall–Kier alpha value is -3.80. The lowest BCUT2D eigenvalue weighted by atomic mass is 10.1. The highest BCUT2D eigenvalue weighted by Crippen LogP contribution is 2.31. The molecule has 0 aliphatic carbocycles. The number of carbonyl (C=O) groups excluding carboxylic acids is 2. The van der Waals surface area contributed by atoms with Crippen LogP contribution in [0.5, 0.6) is 11.5 Å². The Kier molecular flexibility index (Phi) is 5.66. The van der Waals surface area contributed by atoms with Crippen LogP contribution in [0.1, 0.15) is 27.6 Å². The Balaban J connectivity index is 1.56. The molecule has 0 radical (unpaired) electrons. The highest BCUT2D eigenvalue weighted by Gasteiger charge is 2.26. The van der Waals surface area contributed by atoms with E-state index < -0.39 is 18.0 Å². The first-order valence-electron chi connectivity index (χ1n) is 9.63. The molecule has 0 bridgehead atoms. The van der Waals surface area contributed by atoms with E-state index in [1.165, 1.54) is 0 Å². The van der Waals surface area contributed by atoms with E-state index in [0.717, 1.165) is 5.56 Å². The van der Waals surface area contributed by atoms with Crippen LogP contribution in [0.3, 0.4) is 0 Å². The van der Waals surface area contributed by atoms with Gasteiger partial charge in [0.25, 0.3) is 5.91 Å². The summed E-state index contributed by atoms with van der Waals surface area (Å²) < 4.78 is 16.6. The molecule has 4 rings (SSSR count). The third kappa shape index (κ3) is 4.43. The van der Waals surface area contributed by atoms with E-state index in [1.807, 2.05) is 25.1 Å². The zero-order valence-corrected chi connectivity index (χ0v) is 16.5. The van der Waals surface area contributed by atoms with Crippen LogP contribution in [0.25, 0.3) is 0 Å². The largest absolute Gasteiger partial charge is 0.486 e. The van der Waals surface area contributed by atoms with Crippen LogP contribution in [0.15, 0.2) is 72.8 Å². The van der Waals surface area contributed by atoms with Gasteiger partial charge in [-0.1, -0.05) is 48.0 Å². The Morgan fingerprint density at radius 2 is 1.60 bits per heavy atom. The third-order valence-electron chi connectivity index (χ3n) is 4.66. The molecule has 0 unspecified atom stereocenters. The van der Waals surface area contributed by atoms with Crippen molar-refractivity contribution in [3.63, 3.8) is 0 Å². The van der Waals surface area contributed by atoms with Crippen LogP contribution in [-0.4, -0.2) is 25.1 Å². The molecular weight excluding hydrogens is 382 g/mol. The smallest absolute Gasteiger partial charge is 0.339 e. The van der Waals surface area contributed by atoms with Gasteiger partial charge in [-0.25, -0.2) is 4.79 Å². The zero-order valence-electron chi connectivity index (χ0n) is 16.5. The number of carbonyl (C=O) groups is 2. The van der Waals surface area contributed by atoms with Gasteiger partial charge in [-0.3, -0.25) is 4.79 Å². The highest BCUT2D eigenvalue weighted by atomic mass is 16.6. The fourth-order valence-electron chi connectivity index (χ4n) is 3.09. The summed E-state index contributed by atoms with van der Waals surface area (Å²) in [5.41, 5.74) is 2.57. The molecule has 0 spiro atoms. The highest BCUT2D eigenvalue weighted by molar-refractivity contribution is 5.98. The number of hydrogen-bond donors (Lipinski definition) is 1. The van der Waals surface area contributed by atoms with Crippen molar-refractivity contribution in [2.45, 2.75) is 13.0 Å². The molecule has 1 aliphatic heterocycles. The van der Waals surface area contributed by atoms with Crippen molar-refractivity contribution in [2.24, 2.45) is 0 Å². The first-order valence-corrected chi connectivity index (χ1v) is 9.63. The molecule has 1 amide bonds. The second-order valence-electron chi connectivity index (χ2n) is 6.91. The molecule has 0 fully saturated rings. The summed E-state index contributed by atoms with van der Waals surface area (Å²) >= 11 is 0. The van der Waals surface area contributed by atoms with Crippen molar-refractivity contribution < 1.29 is 23.8 Å². The van der Waals surface area contributed by atoms with Crippen molar-refractivity contribution in [2.75, 3.05) is 18.5 Å². The molecule has 1 heterocycles. The fraction of sp³-hybridized carbons (Fsp3) is 0.167. The van der Waals surface area contributed by atoms with Crippen LogP contribution < -0.4 is 14.8 Å². The van der Waals surface area contributed by atoms with E-state index in [9.17, 15) is 9.59 Å². The topological polar surface area (TPSA) is 73.9 Å². The first-order chi connectivity index (χ1) is 14.6. The SMILES string of the molecule is Cc1ccc(NC(=O)[C@H](OC(=O)c2ccc3c(c2)OCCO3)c2ccccc2)cc1. The summed E-state index contributed by atoms with van der Waals surface area (Å²) in [4.78, 5) is 25.8. The third-order valence-corrected chi connectivity index (χ3v) is 4.66. The van der Waals surface area contributed by atoms with Gasteiger partial charge in [-0.15, -0.1) is 0 Å². The summed E-state index contributed by atoms with van der Waals surface area (Å²) in [5.74, 6) is 0.00132. The van der Waals surface area contributed by atoms with E-state index in [4.69, 9.17) is 14.2 Å². The van der Waals surface area contributed by atoms with Gasteiger partial charge in [-0.05, 0) is 37.3 Å². The number of amides is 1. The molecule has 30 heavy (non-hydrogen) atoms. The number of ether oxygens (including phenoxy) is 3. The van der Waals surface area contributed by atoms with Gasteiger partial charge in [0.05, 0.1) is 5.56 Å². The van der Waals surface area contributed by atoms with E-state index >= 15 is 0 Å². The molecule has 152 valence electrons. The van der Waals surface area contributed by atoms with Gasteiger partial charge >= 0.3 is 5.97 Å². The monoisotopic (exact) mass is 403 g/mol. The van der Waals surface area contributed by atoms with Crippen LogP contribution in [0, 0.1) is 6.92 Å². The Morgan fingerprint density at radius 1 is 0.900 bits per heavy atom. The van der Waals surface area contributed by atoms with Crippen molar-refractivity contribution in [1.29, 1.82) is 0 Å². The number of hydrogen-bond acceptors (Lipinski definition) is 5. The number of aryl methyl sites for hydroxylation is 1. The van der Waals surface area contributed by atoms with E-state index in [1.54, 1.807) is 54.6 Å². The van der Waals surface area contributed by atoms with E-state index in [-0.39, 0.29) is 5.56 Å². The normalized spacial score (nSPS) is 13.2. The second-order valence-corrected chi connectivity index (χ2v) is 6.91. The number of benzene rings is 3. The maximum Gasteiger partial charge on any atom is 0.339 e. The van der Waals surface area contributed by atoms with Gasteiger partial charge in [0.1, 0.15) is 13.2 Å². The Morgan fingerprint density at radius 3 is 2.33 bits per heavy atom. The van der Waals surface area contributed by atoms with E-state index in [0.29, 0.717) is 36.0 Å². The molecule has 1 aliphatic rings. The Bertz CT molecular complexity index is 1050. The van der Waals surface area contributed by atoms with Crippen molar-refractivity contribution >= 4 is 17.6 Å². The molecule has 1 N–H and O–H groups in total. The first kappa shape index (κ1) is 19.5. The van der Waals surface area contributed by atoms with Gasteiger partial charge in [0, 0.05) is 11.3 Å². The summed E-state index contributed by atoms with van der Waals surface area (Å²) in [7, 11) is 0. The summed E-state index contributed by atoms with van der Waals surface area (Å²) in [6, 6.07) is 21.1. The summed E-state index contributed by atoms with van der Waals surface area (Å²) in [6.45, 7) is 2.84. The number of fused-ring (bicyclic) bond motifs is 1. The van der Waals surface area contributed by atoms with Crippen molar-refractivity contribution in [1.82, 2.24) is 0 Å². The standard InChI is InChI=1S/C24H21NO5/c1-16-7-10-19(11-8-16)25-23(26)22(17-5-3-2-4-6-17)30-24(27)18-9-12-20-21(15-18)29-14-13-28-20/h2-12,15,22H,13-14H2,1H3,(H,25,26)/t22-/m1/s1. The van der Waals surface area contributed by atoms with Crippen LogP contribution in [0.4, 0.5) is 5.69 Å². The zero-order chi connectivity index (χ0) is 20.9. The minimum Gasteiger partial charge on any atom is -0.486 e. The lowest BCUT2D eigenvalue weighted by molar-refractivity contribution is -0.125. The number of anilines is 1. The molecule has 6 heteroatoms. The molecule has 3 aromatic carbocycles. The molecular formula is C24H21NO5. The number of rotatable bonds is 5. The predicted octanol–water partition coefficient (Wildman–Crippen LogP) is 4.30. The minimum atomic E-state index is -1.10. The number of esters is 1. The molecule has 3 aromatic rings. The van der Waals surface area contributed by atoms with Gasteiger partial charge in [0.2, 0.25) is 6.10 Å². The maximum atomic E-state index is 13.0. The summed E-state index contributed by atoms with van der Waals surface area (Å²) in [6.07, 6.45) is -1.10. The van der Waals surface area contributed by atoms with E-state index in [2.05, 4.69) is 5.32 Å². The molecule has 1 atom stereocenters. The van der Waals surface area contributed by atoms with Gasteiger partial charge < -0.3 is 19.5 Å². The quantitative estimate of drug-likeness (QED) is 0.643. The average molecular weight is 403 g/mol. The summed E-state index contributed by atoms with van der Waals surface area (Å²) in [5, 5.41) is 2.81. The molecule has 6 nitrogen and oxygen atoms in total. The van der Waals surface area contributed by atoms with Crippen molar-refractivity contribution in [3.05, 3.63) is 89.5 Å². The van der Waals surface area contributed by atoms with Crippen LogP contribution >= 0.6 is 0 Å². The molecule has 0 saturated carbocycles. The van der Waals surface area contributed by atoms with Crippen molar-refractivity contribution in [3.8, 4) is 11.5 Å². The molecule has 0 aromatic heterocycles. The van der Waals surface area contributed by atoms with Crippen LogP contribution in [-0.2, 0) is 9.53 Å². The number of nitrogens with one attached hydrogen (secondary N) is 1. The second kappa shape index (κ2) is 8.69. The minimum absolute atomic E-state index is 0.281. The fourth-order valence-corrected chi connectivity index (χ4v) is 3.09. The predicted molar refractivity (Wildman–Crippen MR) is 112 cm³/mol. The van der Waals surface area contributed by atoms with Gasteiger partial charge in [0.15, 0.2) is 11.5 Å². The van der Waals surface area contributed by atoms with Gasteiger partial charge in [-0.2, -0.15) is 0 Å². The molecule has 0 saturated heterocycles. The Labute approximate surface area is 174 Å². The maximum absolute atomic E-state index is 13.0. The average Bonchev–Trinajstić information content (AvgIpc) is 2.79.